The zero-order valence-corrected chi connectivity index (χ0v) is 10.8. The molecule has 0 aromatic heterocycles. The lowest BCUT2D eigenvalue weighted by atomic mass is 10.2. The van der Waals surface area contributed by atoms with E-state index < -0.39 is 21.7 Å². The van der Waals surface area contributed by atoms with Crippen molar-refractivity contribution in [3.63, 3.8) is 0 Å². The quantitative estimate of drug-likeness (QED) is 0.605. The Morgan fingerprint density at radius 2 is 2.06 bits per heavy atom. The molecule has 3 atom stereocenters. The number of nitrogens with one attached hydrogen (secondary N) is 1. The molecule has 96 valence electrons. The highest BCUT2D eigenvalue weighted by Crippen LogP contribution is 2.13. The van der Waals surface area contributed by atoms with Gasteiger partial charge in [0.25, 0.3) is 0 Å². The number of unbranched alkanes of at least 4 members (excludes halogenated alkanes) is 1. The molecule has 0 saturated heterocycles. The van der Waals surface area contributed by atoms with Gasteiger partial charge in [0.1, 0.15) is 6.04 Å². The lowest BCUT2D eigenvalue weighted by molar-refractivity contribution is -0.138. The summed E-state index contributed by atoms with van der Waals surface area (Å²) in [7, 11) is -2.70. The minimum atomic E-state index is -2.70. The highest BCUT2D eigenvalue weighted by atomic mass is 32.2. The second-order valence-electron chi connectivity index (χ2n) is 4.12. The fourth-order valence-electron chi connectivity index (χ4n) is 1.31. The Labute approximate surface area is 97.4 Å². The summed E-state index contributed by atoms with van der Waals surface area (Å²) in [6, 6.07) is -1.01. The minimum Gasteiger partial charge on any atom is -0.480 e. The highest BCUT2D eigenvalue weighted by molar-refractivity contribution is 7.93. The smallest absolute Gasteiger partial charge is 0.320 e. The second-order valence-corrected chi connectivity index (χ2v) is 6.78. The topological polar surface area (TPSA) is 104 Å². The van der Waals surface area contributed by atoms with Crippen LogP contribution in [0, 0.1) is 4.78 Å². The van der Waals surface area contributed by atoms with Gasteiger partial charge in [-0.3, -0.25) is 9.57 Å². The first-order valence-electron chi connectivity index (χ1n) is 5.55. The largest absolute Gasteiger partial charge is 0.480 e. The van der Waals surface area contributed by atoms with Gasteiger partial charge in [-0.1, -0.05) is 19.8 Å². The molecule has 16 heavy (non-hydrogen) atoms. The number of rotatable bonds is 8. The van der Waals surface area contributed by atoms with Crippen LogP contribution in [0.2, 0.25) is 0 Å². The van der Waals surface area contributed by atoms with E-state index in [1.807, 2.05) is 6.92 Å². The number of carboxylic acid groups (broad SMARTS) is 1. The molecule has 0 aliphatic carbocycles. The SMILES string of the molecule is CCCCC(C)S(=N)(=O)CCC(N)C(=O)O. The molecule has 4 N–H and O–H groups in total. The highest BCUT2D eigenvalue weighted by Gasteiger charge is 2.19. The molecule has 0 aliphatic rings. The number of carboxylic acids is 1. The van der Waals surface area contributed by atoms with Gasteiger partial charge in [0.15, 0.2) is 0 Å². The Morgan fingerprint density at radius 3 is 2.50 bits per heavy atom. The van der Waals surface area contributed by atoms with Crippen molar-refractivity contribution >= 4 is 15.7 Å². The van der Waals surface area contributed by atoms with Crippen LogP contribution in [-0.4, -0.2) is 32.3 Å². The normalized spacial score (nSPS) is 18.7. The third kappa shape index (κ3) is 5.46. The summed E-state index contributed by atoms with van der Waals surface area (Å²) in [4.78, 5) is 10.5. The van der Waals surface area contributed by atoms with Gasteiger partial charge in [-0.2, -0.15) is 0 Å². The van der Waals surface area contributed by atoms with Crippen LogP contribution in [0.1, 0.15) is 39.5 Å². The van der Waals surface area contributed by atoms with E-state index >= 15 is 0 Å². The van der Waals surface area contributed by atoms with Crippen molar-refractivity contribution in [1.29, 1.82) is 4.78 Å². The molecule has 0 saturated carbocycles. The van der Waals surface area contributed by atoms with Gasteiger partial charge in [0, 0.05) is 20.7 Å². The van der Waals surface area contributed by atoms with E-state index in [1.165, 1.54) is 0 Å². The van der Waals surface area contributed by atoms with Gasteiger partial charge >= 0.3 is 5.97 Å². The van der Waals surface area contributed by atoms with Crippen molar-refractivity contribution in [2.75, 3.05) is 5.75 Å². The molecular weight excluding hydrogens is 228 g/mol. The fourth-order valence-corrected chi connectivity index (χ4v) is 2.86. The Kier molecular flexibility index (Phi) is 6.59. The maximum absolute atomic E-state index is 11.9. The Hall–Kier alpha value is -0.620. The molecule has 0 amide bonds. The number of aliphatic carboxylic acids is 1. The van der Waals surface area contributed by atoms with Crippen LogP contribution < -0.4 is 5.73 Å². The summed E-state index contributed by atoms with van der Waals surface area (Å²) in [5.74, 6) is -1.03. The maximum Gasteiger partial charge on any atom is 0.320 e. The van der Waals surface area contributed by atoms with Gasteiger partial charge in [0.05, 0.1) is 0 Å². The summed E-state index contributed by atoms with van der Waals surface area (Å²) in [6.45, 7) is 3.83. The van der Waals surface area contributed by atoms with Gasteiger partial charge in [-0.05, 0) is 19.8 Å². The van der Waals surface area contributed by atoms with Crippen molar-refractivity contribution in [3.8, 4) is 0 Å². The van der Waals surface area contributed by atoms with E-state index in [0.717, 1.165) is 19.3 Å². The predicted molar refractivity (Wildman–Crippen MR) is 64.9 cm³/mol. The van der Waals surface area contributed by atoms with Crippen molar-refractivity contribution in [2.24, 2.45) is 5.73 Å². The zero-order valence-electron chi connectivity index (χ0n) is 9.94. The molecule has 0 bridgehead atoms. The summed E-state index contributed by atoms with van der Waals surface area (Å²) in [5.41, 5.74) is 5.32. The first kappa shape index (κ1) is 15.4. The van der Waals surface area contributed by atoms with Crippen molar-refractivity contribution in [2.45, 2.75) is 50.8 Å². The molecule has 0 heterocycles. The molecular formula is C10H22N2O3S. The first-order chi connectivity index (χ1) is 7.31. The molecule has 5 nitrogen and oxygen atoms in total. The number of nitrogens with two attached hydrogens (primary N) is 1. The van der Waals surface area contributed by atoms with E-state index in [0.29, 0.717) is 0 Å². The van der Waals surface area contributed by atoms with E-state index in [-0.39, 0.29) is 17.4 Å². The number of carbonyl (C=O) groups is 1. The van der Waals surface area contributed by atoms with Crippen LogP contribution in [0.3, 0.4) is 0 Å². The van der Waals surface area contributed by atoms with E-state index in [2.05, 4.69) is 0 Å². The molecule has 0 aliphatic heterocycles. The summed E-state index contributed by atoms with van der Waals surface area (Å²) >= 11 is 0. The Morgan fingerprint density at radius 1 is 1.50 bits per heavy atom. The minimum absolute atomic E-state index is 0.0747. The fraction of sp³-hybridized carbons (Fsp3) is 0.900. The van der Waals surface area contributed by atoms with Crippen LogP contribution in [0.15, 0.2) is 0 Å². The molecule has 6 heteroatoms. The average Bonchev–Trinajstić information content (AvgIpc) is 2.22. The van der Waals surface area contributed by atoms with Crippen LogP contribution in [0.4, 0.5) is 0 Å². The zero-order chi connectivity index (χ0) is 12.8. The Balaban J connectivity index is 4.19. The lowest BCUT2D eigenvalue weighted by Gasteiger charge is -2.16. The monoisotopic (exact) mass is 250 g/mol. The molecule has 0 spiro atoms. The van der Waals surface area contributed by atoms with Crippen LogP contribution in [0.5, 0.6) is 0 Å². The molecule has 0 aromatic carbocycles. The van der Waals surface area contributed by atoms with Gasteiger partial charge < -0.3 is 10.8 Å². The summed E-state index contributed by atoms with van der Waals surface area (Å²) in [6.07, 6.45) is 2.81. The molecule has 3 unspecified atom stereocenters. The van der Waals surface area contributed by atoms with Crippen molar-refractivity contribution < 1.29 is 14.1 Å². The molecule has 0 radical (unpaired) electrons. The average molecular weight is 250 g/mol. The van der Waals surface area contributed by atoms with E-state index in [9.17, 15) is 9.00 Å². The standard InChI is InChI=1S/C10H22N2O3S/c1-3-4-5-8(2)16(12,15)7-6-9(11)10(13)14/h8-9,12H,3-7,11H2,1-2H3,(H,13,14). The van der Waals surface area contributed by atoms with E-state index in [1.54, 1.807) is 6.92 Å². The van der Waals surface area contributed by atoms with E-state index in [4.69, 9.17) is 15.6 Å². The molecule has 0 rings (SSSR count). The second kappa shape index (κ2) is 6.85. The van der Waals surface area contributed by atoms with Crippen LogP contribution in [0.25, 0.3) is 0 Å². The number of hydrogen-bond donors (Lipinski definition) is 3. The molecule has 0 aromatic rings. The van der Waals surface area contributed by atoms with Gasteiger partial charge in [-0.25, -0.2) is 4.21 Å². The van der Waals surface area contributed by atoms with Crippen LogP contribution >= 0.6 is 0 Å². The first-order valence-corrected chi connectivity index (χ1v) is 7.34. The molecule has 0 fully saturated rings. The predicted octanol–water partition coefficient (Wildman–Crippen LogP) is 1.41. The van der Waals surface area contributed by atoms with Crippen molar-refractivity contribution in [3.05, 3.63) is 0 Å². The third-order valence-electron chi connectivity index (χ3n) is 2.66. The Bertz CT molecular complexity index is 314. The lowest BCUT2D eigenvalue weighted by Crippen LogP contribution is -2.33. The van der Waals surface area contributed by atoms with Crippen LogP contribution in [-0.2, 0) is 14.5 Å². The van der Waals surface area contributed by atoms with Gasteiger partial charge in [0.2, 0.25) is 0 Å². The summed E-state index contributed by atoms with van der Waals surface area (Å²) < 4.78 is 19.7. The summed E-state index contributed by atoms with van der Waals surface area (Å²) in [5, 5.41) is 8.39. The maximum atomic E-state index is 11.9. The third-order valence-corrected chi connectivity index (χ3v) is 5.04. The number of hydrogen-bond acceptors (Lipinski definition) is 4. The van der Waals surface area contributed by atoms with Gasteiger partial charge in [-0.15, -0.1) is 0 Å². The van der Waals surface area contributed by atoms with Crippen molar-refractivity contribution in [1.82, 2.24) is 0 Å².